The molecule has 1 heterocycles. The van der Waals surface area contributed by atoms with Crippen molar-refractivity contribution in [2.45, 2.75) is 25.5 Å². The Morgan fingerprint density at radius 3 is 2.71 bits per heavy atom. The Morgan fingerprint density at radius 1 is 1.35 bits per heavy atom. The minimum absolute atomic E-state index is 0.162. The first-order chi connectivity index (χ1) is 8.20. The number of nitrogens with zero attached hydrogens (tertiary/aromatic N) is 1. The quantitative estimate of drug-likeness (QED) is 0.833. The summed E-state index contributed by atoms with van der Waals surface area (Å²) in [5, 5.41) is 19.4. The van der Waals surface area contributed by atoms with E-state index in [0.717, 1.165) is 31.5 Å². The standard InChI is InChI=1S/C13H19NO3/c1-17-12-4-2-3-10(13(12)16)9-14-7-5-11(15)6-8-14/h2-4,11,15-16H,5-9H2,1H3. The Hall–Kier alpha value is -1.26. The first-order valence-corrected chi connectivity index (χ1v) is 5.96. The minimum atomic E-state index is -0.162. The van der Waals surface area contributed by atoms with Gasteiger partial charge in [-0.3, -0.25) is 4.90 Å². The summed E-state index contributed by atoms with van der Waals surface area (Å²) < 4.78 is 5.08. The average Bonchev–Trinajstić information content (AvgIpc) is 2.35. The number of ether oxygens (including phenoxy) is 1. The molecule has 0 aromatic heterocycles. The van der Waals surface area contributed by atoms with Gasteiger partial charge < -0.3 is 14.9 Å². The van der Waals surface area contributed by atoms with Crippen LogP contribution in [0.5, 0.6) is 11.5 Å². The van der Waals surface area contributed by atoms with E-state index in [4.69, 9.17) is 4.74 Å². The number of aromatic hydroxyl groups is 1. The van der Waals surface area contributed by atoms with Gasteiger partial charge in [-0.25, -0.2) is 0 Å². The fourth-order valence-electron chi connectivity index (χ4n) is 2.18. The summed E-state index contributed by atoms with van der Waals surface area (Å²) in [6, 6.07) is 5.54. The largest absolute Gasteiger partial charge is 0.504 e. The Kier molecular flexibility index (Phi) is 3.86. The van der Waals surface area contributed by atoms with Gasteiger partial charge in [-0.1, -0.05) is 12.1 Å². The zero-order chi connectivity index (χ0) is 12.3. The third-order valence-electron chi connectivity index (χ3n) is 3.25. The Balaban J connectivity index is 2.03. The monoisotopic (exact) mass is 237 g/mol. The molecule has 0 bridgehead atoms. The summed E-state index contributed by atoms with van der Waals surface area (Å²) in [4.78, 5) is 2.24. The van der Waals surface area contributed by atoms with Gasteiger partial charge in [0.25, 0.3) is 0 Å². The molecule has 0 radical (unpaired) electrons. The summed E-state index contributed by atoms with van der Waals surface area (Å²) in [5.41, 5.74) is 0.876. The molecule has 1 aromatic carbocycles. The van der Waals surface area contributed by atoms with E-state index in [2.05, 4.69) is 4.90 Å². The number of benzene rings is 1. The number of para-hydroxylation sites is 1. The van der Waals surface area contributed by atoms with Crippen LogP contribution in [0.3, 0.4) is 0 Å². The van der Waals surface area contributed by atoms with E-state index in [1.807, 2.05) is 12.1 Å². The molecule has 0 unspecified atom stereocenters. The smallest absolute Gasteiger partial charge is 0.162 e. The summed E-state index contributed by atoms with van der Waals surface area (Å²) in [7, 11) is 1.55. The lowest BCUT2D eigenvalue weighted by atomic mass is 10.1. The maximum atomic E-state index is 9.97. The van der Waals surface area contributed by atoms with Gasteiger partial charge in [-0.05, 0) is 18.9 Å². The number of aliphatic hydroxyl groups excluding tert-OH is 1. The third-order valence-corrected chi connectivity index (χ3v) is 3.25. The van der Waals surface area contributed by atoms with Crippen molar-refractivity contribution in [1.29, 1.82) is 0 Å². The van der Waals surface area contributed by atoms with Gasteiger partial charge in [0.15, 0.2) is 11.5 Å². The van der Waals surface area contributed by atoms with Crippen LogP contribution in [-0.4, -0.2) is 41.4 Å². The number of piperidine rings is 1. The van der Waals surface area contributed by atoms with Crippen LogP contribution in [0, 0.1) is 0 Å². The number of hydrogen-bond donors (Lipinski definition) is 2. The van der Waals surface area contributed by atoms with Crippen molar-refractivity contribution in [1.82, 2.24) is 4.90 Å². The lowest BCUT2D eigenvalue weighted by Crippen LogP contribution is -2.35. The van der Waals surface area contributed by atoms with E-state index >= 15 is 0 Å². The van der Waals surface area contributed by atoms with Crippen molar-refractivity contribution >= 4 is 0 Å². The lowest BCUT2D eigenvalue weighted by Gasteiger charge is -2.29. The molecule has 1 saturated heterocycles. The van der Waals surface area contributed by atoms with E-state index in [1.165, 1.54) is 0 Å². The van der Waals surface area contributed by atoms with Crippen LogP contribution in [0.4, 0.5) is 0 Å². The second-order valence-corrected chi connectivity index (χ2v) is 4.48. The normalized spacial score (nSPS) is 18.2. The molecule has 4 nitrogen and oxygen atoms in total. The molecule has 0 saturated carbocycles. The molecule has 1 aliphatic rings. The minimum Gasteiger partial charge on any atom is -0.504 e. The highest BCUT2D eigenvalue weighted by Gasteiger charge is 2.18. The van der Waals surface area contributed by atoms with E-state index in [-0.39, 0.29) is 11.9 Å². The van der Waals surface area contributed by atoms with Crippen LogP contribution < -0.4 is 4.74 Å². The molecule has 1 fully saturated rings. The molecule has 0 atom stereocenters. The molecule has 4 heteroatoms. The van der Waals surface area contributed by atoms with Crippen molar-refractivity contribution < 1.29 is 14.9 Å². The van der Waals surface area contributed by atoms with Crippen LogP contribution >= 0.6 is 0 Å². The van der Waals surface area contributed by atoms with E-state index < -0.39 is 0 Å². The molecule has 1 aromatic rings. The van der Waals surface area contributed by atoms with Crippen molar-refractivity contribution in [3.8, 4) is 11.5 Å². The van der Waals surface area contributed by atoms with Gasteiger partial charge in [0.05, 0.1) is 13.2 Å². The summed E-state index contributed by atoms with van der Waals surface area (Å²) in [6.07, 6.45) is 1.46. The van der Waals surface area contributed by atoms with Crippen molar-refractivity contribution in [3.05, 3.63) is 23.8 Å². The molecule has 94 valence electrons. The Bertz CT molecular complexity index is 373. The summed E-state index contributed by atoms with van der Waals surface area (Å²) in [6.45, 7) is 2.45. The van der Waals surface area contributed by atoms with Gasteiger partial charge in [0, 0.05) is 25.2 Å². The Labute approximate surface area is 101 Å². The van der Waals surface area contributed by atoms with Crippen LogP contribution in [0.2, 0.25) is 0 Å². The highest BCUT2D eigenvalue weighted by Crippen LogP contribution is 2.30. The number of rotatable bonds is 3. The molecule has 0 spiro atoms. The number of phenols is 1. The second kappa shape index (κ2) is 5.38. The number of hydrogen-bond acceptors (Lipinski definition) is 4. The van der Waals surface area contributed by atoms with Crippen molar-refractivity contribution in [3.63, 3.8) is 0 Å². The van der Waals surface area contributed by atoms with Crippen LogP contribution in [-0.2, 0) is 6.54 Å². The summed E-state index contributed by atoms with van der Waals surface area (Å²) in [5.74, 6) is 0.737. The molecule has 1 aliphatic heterocycles. The molecule has 0 aliphatic carbocycles. The fourth-order valence-corrected chi connectivity index (χ4v) is 2.18. The maximum absolute atomic E-state index is 9.97. The highest BCUT2D eigenvalue weighted by atomic mass is 16.5. The van der Waals surface area contributed by atoms with Gasteiger partial charge in [0.1, 0.15) is 0 Å². The second-order valence-electron chi connectivity index (χ2n) is 4.48. The number of phenolic OH excluding ortho intramolecular Hbond substituents is 1. The molecule has 17 heavy (non-hydrogen) atoms. The highest BCUT2D eigenvalue weighted by molar-refractivity contribution is 5.45. The van der Waals surface area contributed by atoms with Gasteiger partial charge in [-0.2, -0.15) is 0 Å². The number of likely N-dealkylation sites (tertiary alicyclic amines) is 1. The van der Waals surface area contributed by atoms with Crippen molar-refractivity contribution in [2.75, 3.05) is 20.2 Å². The Morgan fingerprint density at radius 2 is 2.06 bits per heavy atom. The zero-order valence-electron chi connectivity index (χ0n) is 10.1. The zero-order valence-corrected chi connectivity index (χ0v) is 10.1. The first-order valence-electron chi connectivity index (χ1n) is 5.96. The predicted octanol–water partition coefficient (Wildman–Crippen LogP) is 1.36. The molecule has 2 rings (SSSR count). The molecule has 0 amide bonds. The number of aliphatic hydroxyl groups is 1. The molecular formula is C13H19NO3. The average molecular weight is 237 g/mol. The van der Waals surface area contributed by atoms with Crippen LogP contribution in [0.15, 0.2) is 18.2 Å². The third kappa shape index (κ3) is 2.90. The van der Waals surface area contributed by atoms with Gasteiger partial charge >= 0.3 is 0 Å². The topological polar surface area (TPSA) is 52.9 Å². The van der Waals surface area contributed by atoms with E-state index in [9.17, 15) is 10.2 Å². The SMILES string of the molecule is COc1cccc(CN2CCC(O)CC2)c1O. The predicted molar refractivity (Wildman–Crippen MR) is 65.2 cm³/mol. The molecular weight excluding hydrogens is 218 g/mol. The van der Waals surface area contributed by atoms with E-state index in [1.54, 1.807) is 13.2 Å². The number of methoxy groups -OCH3 is 1. The first kappa shape index (κ1) is 12.2. The van der Waals surface area contributed by atoms with Crippen LogP contribution in [0.1, 0.15) is 18.4 Å². The molecule has 2 N–H and O–H groups in total. The van der Waals surface area contributed by atoms with Gasteiger partial charge in [0.2, 0.25) is 0 Å². The van der Waals surface area contributed by atoms with Crippen LogP contribution in [0.25, 0.3) is 0 Å². The van der Waals surface area contributed by atoms with E-state index in [0.29, 0.717) is 12.3 Å². The van der Waals surface area contributed by atoms with Crippen molar-refractivity contribution in [2.24, 2.45) is 0 Å². The summed E-state index contributed by atoms with van der Waals surface area (Å²) >= 11 is 0. The van der Waals surface area contributed by atoms with Gasteiger partial charge in [-0.15, -0.1) is 0 Å². The lowest BCUT2D eigenvalue weighted by molar-refractivity contribution is 0.0788. The fraction of sp³-hybridized carbons (Fsp3) is 0.538. The maximum Gasteiger partial charge on any atom is 0.162 e.